The van der Waals surface area contributed by atoms with Gasteiger partial charge in [0.15, 0.2) is 0 Å². The third-order valence-corrected chi connectivity index (χ3v) is 13.1. The van der Waals surface area contributed by atoms with Gasteiger partial charge in [-0.3, -0.25) is 0 Å². The number of carboxylic acid groups (broad SMARTS) is 6. The van der Waals surface area contributed by atoms with Crippen LogP contribution in [0, 0.1) is 23.7 Å². The average Bonchev–Trinajstić information content (AvgIpc) is 3.82. The lowest BCUT2D eigenvalue weighted by Crippen LogP contribution is -2.23. The molecule has 0 heterocycles. The second-order valence-electron chi connectivity index (χ2n) is 18.8. The van der Waals surface area contributed by atoms with Gasteiger partial charge in [0, 0.05) is 12.8 Å². The summed E-state index contributed by atoms with van der Waals surface area (Å²) in [5, 5.41) is 56.5. The SMILES string of the molecule is CCC(C)/C(C(=O)O)=C(/C(=O)O)C(C)CC.CCCC.CCCC.CCCC.O=C(O)/C(=C(\C(=O)O)C1CCCCCC1)C1CCCCCC1.O=C(O)/C(Cc1ccccc1)=C(/Cc1ccccc1)C(=O)O. The molecule has 2 aromatic rings. The van der Waals surface area contributed by atoms with Crippen molar-refractivity contribution in [3.8, 4) is 0 Å². The number of benzene rings is 2. The van der Waals surface area contributed by atoms with Gasteiger partial charge in [-0.05, 0) is 73.3 Å². The minimum absolute atomic E-state index is 0.0457. The molecule has 0 aromatic heterocycles. The molecule has 2 fully saturated rings. The first-order chi connectivity index (χ1) is 34.3. The molecule has 2 aliphatic carbocycles. The van der Waals surface area contributed by atoms with Gasteiger partial charge in [0.05, 0.1) is 33.4 Å². The van der Waals surface area contributed by atoms with Gasteiger partial charge in [0.25, 0.3) is 0 Å². The van der Waals surface area contributed by atoms with Crippen molar-refractivity contribution < 1.29 is 59.4 Å². The van der Waals surface area contributed by atoms with Crippen LogP contribution in [-0.2, 0) is 41.6 Å². The smallest absolute Gasteiger partial charge is 0.332 e. The van der Waals surface area contributed by atoms with Crippen LogP contribution >= 0.6 is 0 Å². The molecule has 12 nitrogen and oxygen atoms in total. The second kappa shape index (κ2) is 42.0. The summed E-state index contributed by atoms with van der Waals surface area (Å²) in [6.45, 7) is 20.3. The summed E-state index contributed by atoms with van der Waals surface area (Å²) in [6, 6.07) is 18.0. The Labute approximate surface area is 433 Å². The first kappa shape index (κ1) is 68.6. The van der Waals surface area contributed by atoms with E-state index in [0.29, 0.717) is 12.8 Å². The summed E-state index contributed by atoms with van der Waals surface area (Å²) in [4.78, 5) is 69.1. The minimum atomic E-state index is -1.20. The summed E-state index contributed by atoms with van der Waals surface area (Å²) in [6.07, 6.45) is 21.2. The molecule has 0 spiro atoms. The first-order valence-electron chi connectivity index (χ1n) is 27.0. The summed E-state index contributed by atoms with van der Waals surface area (Å²) in [5.41, 5.74) is 1.92. The molecular formula is C60H94O12. The quantitative estimate of drug-likeness (QED) is 0.0571. The molecular weight excluding hydrogens is 913 g/mol. The van der Waals surface area contributed by atoms with Crippen LogP contribution in [0.25, 0.3) is 0 Å². The number of aliphatic carboxylic acids is 6. The molecule has 0 radical (unpaired) electrons. The fourth-order valence-electron chi connectivity index (χ4n) is 7.97. The van der Waals surface area contributed by atoms with E-state index in [-0.39, 0.29) is 70.0 Å². The molecule has 2 aromatic carbocycles. The second-order valence-corrected chi connectivity index (χ2v) is 18.8. The Morgan fingerprint density at radius 1 is 0.389 bits per heavy atom. The Hall–Kier alpha value is -5.52. The number of rotatable bonds is 19. The molecule has 406 valence electrons. The van der Waals surface area contributed by atoms with Gasteiger partial charge in [0.1, 0.15) is 0 Å². The van der Waals surface area contributed by atoms with E-state index in [1.165, 1.54) is 38.5 Å². The van der Waals surface area contributed by atoms with E-state index in [4.69, 9.17) is 10.2 Å². The van der Waals surface area contributed by atoms with Gasteiger partial charge in [0.2, 0.25) is 0 Å². The predicted octanol–water partition coefficient (Wildman–Crippen LogP) is 15.3. The number of hydrogen-bond acceptors (Lipinski definition) is 6. The van der Waals surface area contributed by atoms with Crippen LogP contribution < -0.4 is 0 Å². The van der Waals surface area contributed by atoms with Crippen LogP contribution in [0.15, 0.2) is 94.1 Å². The average molecular weight is 1010 g/mol. The highest BCUT2D eigenvalue weighted by atomic mass is 16.4. The maximum absolute atomic E-state index is 11.9. The van der Waals surface area contributed by atoms with Crippen LogP contribution in [0.3, 0.4) is 0 Å². The number of unbranched alkanes of at least 4 members (excludes halogenated alkanes) is 3. The Kier molecular flexibility index (Phi) is 40.0. The minimum Gasteiger partial charge on any atom is -0.478 e. The van der Waals surface area contributed by atoms with Crippen molar-refractivity contribution in [1.29, 1.82) is 0 Å². The van der Waals surface area contributed by atoms with Crippen molar-refractivity contribution in [3.05, 3.63) is 105 Å². The van der Waals surface area contributed by atoms with Crippen molar-refractivity contribution in [2.75, 3.05) is 0 Å². The Morgan fingerprint density at radius 2 is 0.639 bits per heavy atom. The topological polar surface area (TPSA) is 224 Å². The zero-order valence-corrected chi connectivity index (χ0v) is 45.8. The highest BCUT2D eigenvalue weighted by Crippen LogP contribution is 2.37. The van der Waals surface area contributed by atoms with Crippen molar-refractivity contribution in [2.24, 2.45) is 23.7 Å². The fraction of sp³-hybridized carbons (Fsp3) is 0.600. The van der Waals surface area contributed by atoms with Gasteiger partial charge in [-0.2, -0.15) is 0 Å². The largest absolute Gasteiger partial charge is 0.478 e. The molecule has 2 unspecified atom stereocenters. The van der Waals surface area contributed by atoms with Crippen molar-refractivity contribution >= 4 is 35.8 Å². The molecule has 2 saturated carbocycles. The summed E-state index contributed by atoms with van der Waals surface area (Å²) < 4.78 is 0. The lowest BCUT2D eigenvalue weighted by molar-refractivity contribution is -0.137. The maximum atomic E-state index is 11.9. The van der Waals surface area contributed by atoms with Crippen LogP contribution in [0.2, 0.25) is 0 Å². The molecule has 0 bridgehead atoms. The maximum Gasteiger partial charge on any atom is 0.332 e. The molecule has 2 aliphatic rings. The Morgan fingerprint density at radius 3 is 0.819 bits per heavy atom. The fourth-order valence-corrected chi connectivity index (χ4v) is 7.97. The van der Waals surface area contributed by atoms with Gasteiger partial charge < -0.3 is 30.6 Å². The highest BCUT2D eigenvalue weighted by Gasteiger charge is 2.33. The lowest BCUT2D eigenvalue weighted by atomic mass is 9.81. The van der Waals surface area contributed by atoms with Gasteiger partial charge in [-0.1, -0.05) is 220 Å². The zero-order valence-electron chi connectivity index (χ0n) is 45.8. The molecule has 2 atom stereocenters. The van der Waals surface area contributed by atoms with Crippen LogP contribution in [-0.4, -0.2) is 66.5 Å². The van der Waals surface area contributed by atoms with Gasteiger partial charge >= 0.3 is 35.8 Å². The van der Waals surface area contributed by atoms with Crippen molar-refractivity contribution in [2.45, 2.75) is 210 Å². The third kappa shape index (κ3) is 28.5. The summed E-state index contributed by atoms with van der Waals surface area (Å²) in [5.74, 6) is -7.27. The van der Waals surface area contributed by atoms with Crippen LogP contribution in [0.1, 0.15) is 209 Å². The van der Waals surface area contributed by atoms with Gasteiger partial charge in [-0.25, -0.2) is 28.8 Å². The lowest BCUT2D eigenvalue weighted by Gasteiger charge is -2.23. The monoisotopic (exact) mass is 1010 g/mol. The van der Waals surface area contributed by atoms with E-state index in [2.05, 4.69) is 41.5 Å². The number of carbonyl (C=O) groups is 6. The summed E-state index contributed by atoms with van der Waals surface area (Å²) in [7, 11) is 0. The standard InChI is InChI=1S/C18H16O4.C18H28O4.C12H20O4.3C4H10/c19-17(20)15(11-13-7-3-1-4-8-13)16(18(21)22)12-14-9-5-2-6-10-14;19-17(20)15(13-9-5-1-2-6-10-13)16(18(21)22)14-11-7-3-4-8-12-14;1-5-7(3)9(11(13)14)10(12(15)16)8(4)6-2;3*1-3-4-2/h1-10H,11-12H2,(H,19,20)(H,21,22);13-14H,1-12H2,(H,19,20)(H,21,22);7-8H,5-6H2,1-4H3,(H,13,14)(H,15,16);3*3-4H2,1-2H3/b2*16-15-;10-9-;;;. The van der Waals surface area contributed by atoms with Gasteiger partial charge in [-0.15, -0.1) is 0 Å². The highest BCUT2D eigenvalue weighted by molar-refractivity contribution is 6.01. The normalized spacial score (nSPS) is 15.5. The number of carboxylic acids is 6. The van der Waals surface area contributed by atoms with E-state index in [1.807, 2.05) is 26.0 Å². The molecule has 12 heteroatoms. The Balaban J connectivity index is 0. The molecule has 6 N–H and O–H groups in total. The first-order valence-corrected chi connectivity index (χ1v) is 27.0. The van der Waals surface area contributed by atoms with Crippen LogP contribution in [0.4, 0.5) is 0 Å². The van der Waals surface area contributed by atoms with E-state index in [9.17, 15) is 49.2 Å². The molecule has 4 rings (SSSR count). The van der Waals surface area contributed by atoms with Crippen molar-refractivity contribution in [1.82, 2.24) is 0 Å². The van der Waals surface area contributed by atoms with Crippen molar-refractivity contribution in [3.63, 3.8) is 0 Å². The van der Waals surface area contributed by atoms with E-state index in [1.54, 1.807) is 62.4 Å². The molecule has 72 heavy (non-hydrogen) atoms. The van der Waals surface area contributed by atoms with Crippen LogP contribution in [0.5, 0.6) is 0 Å². The van der Waals surface area contributed by atoms with E-state index in [0.717, 1.165) is 88.2 Å². The third-order valence-electron chi connectivity index (χ3n) is 13.1. The molecule has 0 amide bonds. The van der Waals surface area contributed by atoms with E-state index >= 15 is 0 Å². The Bertz CT molecular complexity index is 1780. The predicted molar refractivity (Wildman–Crippen MR) is 290 cm³/mol. The van der Waals surface area contributed by atoms with E-state index < -0.39 is 35.8 Å². The summed E-state index contributed by atoms with van der Waals surface area (Å²) >= 11 is 0. The molecule has 0 saturated heterocycles. The number of hydrogen-bond donors (Lipinski definition) is 6. The zero-order chi connectivity index (χ0) is 55.0. The molecule has 0 aliphatic heterocycles.